The minimum atomic E-state index is -3.50. The van der Waals surface area contributed by atoms with Gasteiger partial charge in [0.05, 0.1) is 4.90 Å². The average Bonchev–Trinajstić information content (AvgIpc) is 2.54. The van der Waals surface area contributed by atoms with E-state index < -0.39 is 10.0 Å². The first-order chi connectivity index (χ1) is 10.8. The highest BCUT2D eigenvalue weighted by atomic mass is 32.2. The zero-order valence-electron chi connectivity index (χ0n) is 13.4. The van der Waals surface area contributed by atoms with Gasteiger partial charge in [-0.15, -0.1) is 0 Å². The average molecular weight is 368 g/mol. The van der Waals surface area contributed by atoms with Gasteiger partial charge in [0.2, 0.25) is 10.0 Å². The third kappa shape index (κ3) is 4.53. The summed E-state index contributed by atoms with van der Waals surface area (Å²) in [5.74, 6) is 0. The fraction of sp³-hybridized carbons (Fsp3) is 0.294. The minimum Gasteiger partial charge on any atom is -0.207 e. The van der Waals surface area contributed by atoms with Crippen LogP contribution in [0.2, 0.25) is 0 Å². The predicted octanol–water partition coefficient (Wildman–Crippen LogP) is 4.17. The Balaban J connectivity index is 2.18. The third-order valence-electron chi connectivity index (χ3n) is 3.75. The molecule has 0 saturated heterocycles. The summed E-state index contributed by atoms with van der Waals surface area (Å²) in [6, 6.07) is 16.8. The Labute approximate surface area is 148 Å². The molecule has 0 amide bonds. The maximum atomic E-state index is 12.6. The summed E-state index contributed by atoms with van der Waals surface area (Å²) in [6.07, 6.45) is 0. The Kier molecular flexibility index (Phi) is 6.19. The van der Waals surface area contributed by atoms with Gasteiger partial charge >= 0.3 is 0 Å². The molecule has 2 aromatic carbocycles. The van der Waals surface area contributed by atoms with Gasteiger partial charge in [0.25, 0.3) is 0 Å². The van der Waals surface area contributed by atoms with Crippen LogP contribution < -0.4 is 0 Å². The monoisotopic (exact) mass is 367 g/mol. The van der Waals surface area contributed by atoms with Crippen molar-refractivity contribution < 1.29 is 8.42 Å². The normalized spacial score (nSPS) is 14.7. The van der Waals surface area contributed by atoms with E-state index in [0.717, 1.165) is 9.79 Å². The molecule has 0 aliphatic carbocycles. The SMILES string of the molecule is CC(S)C(C)N(C)S(=O)(=O)c1ccc(Sc2ccccc2)cc1. The molecule has 124 valence electrons. The number of rotatable bonds is 6. The molecule has 6 heteroatoms. The van der Waals surface area contributed by atoms with Crippen molar-refractivity contribution in [3.63, 3.8) is 0 Å². The van der Waals surface area contributed by atoms with Crippen LogP contribution in [-0.4, -0.2) is 31.1 Å². The molecule has 0 bridgehead atoms. The number of sulfonamides is 1. The van der Waals surface area contributed by atoms with Crippen molar-refractivity contribution in [3.8, 4) is 0 Å². The van der Waals surface area contributed by atoms with Crippen LogP contribution in [0.5, 0.6) is 0 Å². The molecule has 0 fully saturated rings. The second-order valence-electron chi connectivity index (χ2n) is 5.39. The number of nitrogens with zero attached hydrogens (tertiary/aromatic N) is 1. The molecule has 0 aliphatic heterocycles. The summed E-state index contributed by atoms with van der Waals surface area (Å²) in [5, 5.41) is -0.0392. The standard InChI is InChI=1S/C17H21NO2S3/c1-13(14(2)21)18(3)23(19,20)17-11-9-16(10-12-17)22-15-7-5-4-6-8-15/h4-14,21H,1-3H3. The van der Waals surface area contributed by atoms with Crippen LogP contribution in [0.1, 0.15) is 13.8 Å². The summed E-state index contributed by atoms with van der Waals surface area (Å²) in [5.41, 5.74) is 0. The van der Waals surface area contributed by atoms with Crippen LogP contribution in [0, 0.1) is 0 Å². The molecule has 2 rings (SSSR count). The molecule has 0 saturated carbocycles. The molecular weight excluding hydrogens is 346 g/mol. The second-order valence-corrected chi connectivity index (χ2v) is 9.35. The van der Waals surface area contributed by atoms with Crippen LogP contribution >= 0.6 is 24.4 Å². The van der Waals surface area contributed by atoms with Crippen LogP contribution in [0.3, 0.4) is 0 Å². The smallest absolute Gasteiger partial charge is 0.207 e. The van der Waals surface area contributed by atoms with Crippen molar-refractivity contribution in [2.24, 2.45) is 0 Å². The summed E-state index contributed by atoms with van der Waals surface area (Å²) >= 11 is 5.94. The number of hydrogen-bond donors (Lipinski definition) is 1. The molecule has 0 radical (unpaired) electrons. The van der Waals surface area contributed by atoms with Gasteiger partial charge in [0.1, 0.15) is 0 Å². The van der Waals surface area contributed by atoms with Gasteiger partial charge in [-0.2, -0.15) is 16.9 Å². The molecule has 0 aromatic heterocycles. The van der Waals surface area contributed by atoms with Crippen LogP contribution in [0.15, 0.2) is 69.3 Å². The van der Waals surface area contributed by atoms with Crippen LogP contribution in [0.4, 0.5) is 0 Å². The van der Waals surface area contributed by atoms with Crippen LogP contribution in [0.25, 0.3) is 0 Å². The van der Waals surface area contributed by atoms with E-state index in [9.17, 15) is 8.42 Å². The molecule has 0 spiro atoms. The van der Waals surface area contributed by atoms with Gasteiger partial charge in [-0.3, -0.25) is 0 Å². The largest absolute Gasteiger partial charge is 0.243 e. The first kappa shape index (κ1) is 18.4. The lowest BCUT2D eigenvalue weighted by molar-refractivity contribution is 0.387. The Morgan fingerprint density at radius 3 is 2.00 bits per heavy atom. The van der Waals surface area contributed by atoms with Crippen molar-refractivity contribution >= 4 is 34.4 Å². The Bertz CT molecular complexity index is 728. The van der Waals surface area contributed by atoms with E-state index in [-0.39, 0.29) is 11.3 Å². The molecule has 0 N–H and O–H groups in total. The number of hydrogen-bond acceptors (Lipinski definition) is 4. The molecule has 2 atom stereocenters. The molecule has 2 unspecified atom stereocenters. The molecule has 2 aromatic rings. The molecule has 0 heterocycles. The molecule has 0 aliphatic rings. The van der Waals surface area contributed by atoms with Gasteiger partial charge in [0, 0.05) is 28.1 Å². The van der Waals surface area contributed by atoms with E-state index in [1.807, 2.05) is 56.3 Å². The van der Waals surface area contributed by atoms with Gasteiger partial charge in [0.15, 0.2) is 0 Å². The number of thiol groups is 1. The lowest BCUT2D eigenvalue weighted by Crippen LogP contribution is -2.39. The van der Waals surface area contributed by atoms with E-state index >= 15 is 0 Å². The first-order valence-corrected chi connectivity index (χ1v) is 10.1. The molecule has 3 nitrogen and oxygen atoms in total. The highest BCUT2D eigenvalue weighted by Gasteiger charge is 2.27. The second kappa shape index (κ2) is 7.75. The quantitative estimate of drug-likeness (QED) is 0.779. The highest BCUT2D eigenvalue weighted by Crippen LogP contribution is 2.29. The first-order valence-electron chi connectivity index (χ1n) is 7.31. The predicted molar refractivity (Wildman–Crippen MR) is 99.9 cm³/mol. The van der Waals surface area contributed by atoms with Gasteiger partial charge in [-0.1, -0.05) is 36.9 Å². The van der Waals surface area contributed by atoms with Gasteiger partial charge < -0.3 is 0 Å². The van der Waals surface area contributed by atoms with E-state index in [1.165, 1.54) is 4.31 Å². The van der Waals surface area contributed by atoms with Crippen molar-refractivity contribution in [3.05, 3.63) is 54.6 Å². The van der Waals surface area contributed by atoms with E-state index in [1.54, 1.807) is 30.9 Å². The van der Waals surface area contributed by atoms with Crippen molar-refractivity contribution in [2.45, 2.75) is 39.8 Å². The zero-order valence-corrected chi connectivity index (χ0v) is 15.9. The van der Waals surface area contributed by atoms with Gasteiger partial charge in [-0.25, -0.2) is 8.42 Å². The van der Waals surface area contributed by atoms with E-state index in [4.69, 9.17) is 0 Å². The van der Waals surface area contributed by atoms with Gasteiger partial charge in [-0.05, 0) is 43.3 Å². The van der Waals surface area contributed by atoms with Crippen LogP contribution in [-0.2, 0) is 10.0 Å². The molecular formula is C17H21NO2S3. The van der Waals surface area contributed by atoms with E-state index in [2.05, 4.69) is 12.6 Å². The summed E-state index contributed by atoms with van der Waals surface area (Å²) < 4.78 is 26.6. The lowest BCUT2D eigenvalue weighted by Gasteiger charge is -2.26. The summed E-state index contributed by atoms with van der Waals surface area (Å²) in [7, 11) is -1.90. The topological polar surface area (TPSA) is 37.4 Å². The Hall–Kier alpha value is -0.950. The van der Waals surface area contributed by atoms with Crippen molar-refractivity contribution in [1.82, 2.24) is 4.31 Å². The maximum Gasteiger partial charge on any atom is 0.243 e. The number of benzene rings is 2. The summed E-state index contributed by atoms with van der Waals surface area (Å²) in [6.45, 7) is 3.74. The minimum absolute atomic E-state index is 0.0392. The fourth-order valence-corrected chi connectivity index (χ4v) is 4.55. The Morgan fingerprint density at radius 2 is 1.48 bits per heavy atom. The highest BCUT2D eigenvalue weighted by molar-refractivity contribution is 7.99. The zero-order chi connectivity index (χ0) is 17.0. The Morgan fingerprint density at radius 1 is 0.957 bits per heavy atom. The maximum absolute atomic E-state index is 12.6. The lowest BCUT2D eigenvalue weighted by atomic mass is 10.3. The van der Waals surface area contributed by atoms with Crippen molar-refractivity contribution in [2.75, 3.05) is 7.05 Å². The van der Waals surface area contributed by atoms with E-state index in [0.29, 0.717) is 4.90 Å². The summed E-state index contributed by atoms with van der Waals surface area (Å²) in [4.78, 5) is 2.43. The van der Waals surface area contributed by atoms with Crippen molar-refractivity contribution in [1.29, 1.82) is 0 Å². The third-order valence-corrected chi connectivity index (χ3v) is 7.16. The fourth-order valence-electron chi connectivity index (χ4n) is 1.99. The molecule has 23 heavy (non-hydrogen) atoms.